The fourth-order valence-electron chi connectivity index (χ4n) is 3.11. The number of piperazine rings is 1. The number of nitrogens with one attached hydrogen (secondary N) is 1. The maximum atomic E-state index is 12.7. The lowest BCUT2D eigenvalue weighted by molar-refractivity contribution is 0.0697. The highest BCUT2D eigenvalue weighted by Crippen LogP contribution is 2.20. The Hall–Kier alpha value is -2.12. The molecule has 2 aromatic rings. The molecular formula is C18H23N3O3S. The van der Waals surface area contributed by atoms with Gasteiger partial charge >= 0.3 is 0 Å². The Bertz CT molecular complexity index is 877. The largest absolute Gasteiger partial charge is 0.362 e. The van der Waals surface area contributed by atoms with E-state index in [-0.39, 0.29) is 5.91 Å². The maximum absolute atomic E-state index is 12.7. The summed E-state index contributed by atoms with van der Waals surface area (Å²) >= 11 is 0. The number of aromatic nitrogens is 1. The zero-order valence-corrected chi connectivity index (χ0v) is 15.6. The molecule has 2 heterocycles. The van der Waals surface area contributed by atoms with Crippen LogP contribution >= 0.6 is 0 Å². The molecule has 7 heteroatoms. The number of benzene rings is 1. The molecule has 0 atom stereocenters. The number of carbonyl (C=O) groups excluding carboxylic acids is 1. The third-order valence-electron chi connectivity index (χ3n) is 4.56. The Kier molecular flexibility index (Phi) is 4.71. The third-order valence-corrected chi connectivity index (χ3v) is 6.48. The van der Waals surface area contributed by atoms with E-state index < -0.39 is 10.0 Å². The van der Waals surface area contributed by atoms with Crippen LogP contribution in [-0.2, 0) is 10.0 Å². The second-order valence-corrected chi connectivity index (χ2v) is 8.44. The molecule has 1 aliphatic heterocycles. The Morgan fingerprint density at radius 2 is 1.60 bits per heavy atom. The molecule has 0 bridgehead atoms. The number of carbonyl (C=O) groups is 1. The highest BCUT2D eigenvalue weighted by Gasteiger charge is 2.31. The van der Waals surface area contributed by atoms with Crippen molar-refractivity contribution in [3.8, 4) is 0 Å². The molecule has 3 rings (SSSR count). The van der Waals surface area contributed by atoms with E-state index in [1.54, 1.807) is 29.2 Å². The van der Waals surface area contributed by atoms with Gasteiger partial charge in [0, 0.05) is 37.6 Å². The zero-order chi connectivity index (χ0) is 18.2. The Labute approximate surface area is 148 Å². The molecular weight excluding hydrogens is 338 g/mol. The van der Waals surface area contributed by atoms with Crippen LogP contribution in [0.15, 0.2) is 35.2 Å². The van der Waals surface area contributed by atoms with Gasteiger partial charge in [0.15, 0.2) is 0 Å². The summed E-state index contributed by atoms with van der Waals surface area (Å²) in [5.74, 6) is -0.0470. The van der Waals surface area contributed by atoms with E-state index in [0.29, 0.717) is 36.6 Å². The van der Waals surface area contributed by atoms with Crippen molar-refractivity contribution in [1.29, 1.82) is 0 Å². The minimum atomic E-state index is -3.51. The number of sulfonamides is 1. The van der Waals surface area contributed by atoms with Crippen molar-refractivity contribution in [2.24, 2.45) is 0 Å². The first kappa shape index (κ1) is 17.7. The fourth-order valence-corrected chi connectivity index (χ4v) is 4.53. The first-order valence-corrected chi connectivity index (χ1v) is 9.75. The van der Waals surface area contributed by atoms with E-state index >= 15 is 0 Å². The third kappa shape index (κ3) is 3.48. The normalized spacial score (nSPS) is 16.2. The number of hydrogen-bond donors (Lipinski definition) is 1. The van der Waals surface area contributed by atoms with Gasteiger partial charge in [-0.2, -0.15) is 4.31 Å². The lowest BCUT2D eigenvalue weighted by Gasteiger charge is -2.34. The lowest BCUT2D eigenvalue weighted by atomic mass is 10.2. The van der Waals surface area contributed by atoms with Crippen molar-refractivity contribution in [2.45, 2.75) is 25.7 Å². The average molecular weight is 361 g/mol. The monoisotopic (exact) mass is 361 g/mol. The molecule has 1 aromatic carbocycles. The van der Waals surface area contributed by atoms with E-state index in [9.17, 15) is 13.2 Å². The predicted octanol–water partition coefficient (Wildman–Crippen LogP) is 2.09. The van der Waals surface area contributed by atoms with Crippen LogP contribution in [0.2, 0.25) is 0 Å². The van der Waals surface area contributed by atoms with Gasteiger partial charge in [-0.15, -0.1) is 0 Å². The molecule has 1 aliphatic rings. The van der Waals surface area contributed by atoms with Crippen molar-refractivity contribution in [3.63, 3.8) is 0 Å². The second-order valence-electron chi connectivity index (χ2n) is 6.50. The summed E-state index contributed by atoms with van der Waals surface area (Å²) in [6.07, 6.45) is 0. The van der Waals surface area contributed by atoms with Gasteiger partial charge in [-0.1, -0.05) is 17.7 Å². The van der Waals surface area contributed by atoms with Gasteiger partial charge in [-0.25, -0.2) is 8.42 Å². The summed E-state index contributed by atoms with van der Waals surface area (Å²) in [7, 11) is -3.51. The van der Waals surface area contributed by atoms with Gasteiger partial charge in [0.05, 0.1) is 10.5 Å². The minimum Gasteiger partial charge on any atom is -0.362 e. The molecule has 1 aromatic heterocycles. The predicted molar refractivity (Wildman–Crippen MR) is 96.1 cm³/mol. The molecule has 0 unspecified atom stereocenters. The molecule has 0 saturated carbocycles. The number of aryl methyl sites for hydroxylation is 3. The minimum absolute atomic E-state index is 0.0470. The van der Waals surface area contributed by atoms with E-state index in [1.165, 1.54) is 4.31 Å². The molecule has 1 fully saturated rings. The number of amides is 1. The highest BCUT2D eigenvalue weighted by atomic mass is 32.2. The zero-order valence-electron chi connectivity index (χ0n) is 14.7. The highest BCUT2D eigenvalue weighted by molar-refractivity contribution is 7.89. The molecule has 134 valence electrons. The topological polar surface area (TPSA) is 73.5 Å². The van der Waals surface area contributed by atoms with Crippen LogP contribution < -0.4 is 0 Å². The fraction of sp³-hybridized carbons (Fsp3) is 0.389. The van der Waals surface area contributed by atoms with Crippen molar-refractivity contribution in [1.82, 2.24) is 14.2 Å². The number of rotatable bonds is 3. The van der Waals surface area contributed by atoms with Crippen molar-refractivity contribution < 1.29 is 13.2 Å². The van der Waals surface area contributed by atoms with Crippen LogP contribution in [0.1, 0.15) is 27.3 Å². The Morgan fingerprint density at radius 3 is 2.12 bits per heavy atom. The van der Waals surface area contributed by atoms with Crippen molar-refractivity contribution in [3.05, 3.63) is 52.8 Å². The van der Waals surface area contributed by atoms with E-state index in [0.717, 1.165) is 17.0 Å². The van der Waals surface area contributed by atoms with Gasteiger partial charge < -0.3 is 9.88 Å². The van der Waals surface area contributed by atoms with Gasteiger partial charge in [0.25, 0.3) is 5.91 Å². The maximum Gasteiger partial charge on any atom is 0.255 e. The Morgan fingerprint density at radius 1 is 1.00 bits per heavy atom. The summed E-state index contributed by atoms with van der Waals surface area (Å²) < 4.78 is 26.9. The first-order chi connectivity index (χ1) is 11.8. The standard InChI is InChI=1S/C18H23N3O3S/c1-13-4-6-16(7-5-13)25(23,24)21-10-8-20(9-11-21)18(22)17-12-14(2)19-15(17)3/h4-7,12,19H,8-11H2,1-3H3. The van der Waals surface area contributed by atoms with Crippen LogP contribution in [0.25, 0.3) is 0 Å². The van der Waals surface area contributed by atoms with Crippen LogP contribution in [-0.4, -0.2) is 54.7 Å². The molecule has 6 nitrogen and oxygen atoms in total. The smallest absolute Gasteiger partial charge is 0.255 e. The van der Waals surface area contributed by atoms with Gasteiger partial charge in [0.1, 0.15) is 0 Å². The second kappa shape index (κ2) is 6.65. The molecule has 1 N–H and O–H groups in total. The van der Waals surface area contributed by atoms with Crippen LogP contribution in [0.5, 0.6) is 0 Å². The summed E-state index contributed by atoms with van der Waals surface area (Å²) in [6.45, 7) is 7.12. The quantitative estimate of drug-likeness (QED) is 0.910. The van der Waals surface area contributed by atoms with Gasteiger partial charge in [-0.3, -0.25) is 4.79 Å². The lowest BCUT2D eigenvalue weighted by Crippen LogP contribution is -2.50. The van der Waals surface area contributed by atoms with Gasteiger partial charge in [-0.05, 0) is 39.0 Å². The summed E-state index contributed by atoms with van der Waals surface area (Å²) in [4.78, 5) is 17.8. The number of hydrogen-bond acceptors (Lipinski definition) is 3. The molecule has 0 aliphatic carbocycles. The van der Waals surface area contributed by atoms with E-state index in [4.69, 9.17) is 0 Å². The number of H-pyrrole nitrogens is 1. The van der Waals surface area contributed by atoms with Crippen molar-refractivity contribution in [2.75, 3.05) is 26.2 Å². The summed E-state index contributed by atoms with van der Waals surface area (Å²) in [5.41, 5.74) is 3.47. The van der Waals surface area contributed by atoms with Crippen molar-refractivity contribution >= 4 is 15.9 Å². The average Bonchev–Trinajstić information content (AvgIpc) is 2.93. The summed E-state index contributed by atoms with van der Waals surface area (Å²) in [6, 6.07) is 8.70. The number of aromatic amines is 1. The Balaban J connectivity index is 1.70. The molecule has 0 spiro atoms. The van der Waals surface area contributed by atoms with Crippen LogP contribution in [0, 0.1) is 20.8 Å². The van der Waals surface area contributed by atoms with Crippen LogP contribution in [0.4, 0.5) is 0 Å². The first-order valence-electron chi connectivity index (χ1n) is 8.31. The van der Waals surface area contributed by atoms with Gasteiger partial charge in [0.2, 0.25) is 10.0 Å². The van der Waals surface area contributed by atoms with E-state index in [2.05, 4.69) is 4.98 Å². The molecule has 1 saturated heterocycles. The molecule has 0 radical (unpaired) electrons. The summed E-state index contributed by atoms with van der Waals surface area (Å²) in [5, 5.41) is 0. The molecule has 25 heavy (non-hydrogen) atoms. The molecule has 1 amide bonds. The number of nitrogens with zero attached hydrogens (tertiary/aromatic N) is 2. The SMILES string of the molecule is Cc1ccc(S(=O)(=O)N2CCN(C(=O)c3cc(C)[nH]c3C)CC2)cc1. The van der Waals surface area contributed by atoms with Crippen LogP contribution in [0.3, 0.4) is 0 Å². The van der Waals surface area contributed by atoms with E-state index in [1.807, 2.05) is 26.8 Å².